The van der Waals surface area contributed by atoms with Crippen molar-refractivity contribution in [2.45, 2.75) is 6.92 Å². The molecule has 0 aliphatic carbocycles. The number of nitrogens with zero attached hydrogens (tertiary/aromatic N) is 2. The van der Waals surface area contributed by atoms with Crippen LogP contribution in [-0.2, 0) is 4.79 Å². The lowest BCUT2D eigenvalue weighted by Gasteiger charge is -2.38. The zero-order valence-corrected chi connectivity index (χ0v) is 9.72. The molecule has 2 rings (SSSR count). The Bertz CT molecular complexity index is 413. The fraction of sp³-hybridized carbons (Fsp3) is 0.417. The van der Waals surface area contributed by atoms with Crippen LogP contribution in [0.15, 0.2) is 24.5 Å². The number of pyridine rings is 1. The molecule has 5 nitrogen and oxygen atoms in total. The van der Waals surface area contributed by atoms with Crippen LogP contribution in [-0.4, -0.2) is 41.3 Å². The van der Waals surface area contributed by atoms with Gasteiger partial charge in [-0.25, -0.2) is 0 Å². The van der Waals surface area contributed by atoms with E-state index in [1.54, 1.807) is 36.4 Å². The normalized spacial score (nSPS) is 15.2. The van der Waals surface area contributed by atoms with Crippen molar-refractivity contribution in [1.29, 1.82) is 0 Å². The molecule has 2 amide bonds. The number of hydrogen-bond acceptors (Lipinski definition) is 3. The molecule has 0 spiro atoms. The fourth-order valence-corrected chi connectivity index (χ4v) is 1.80. The van der Waals surface area contributed by atoms with Crippen LogP contribution in [0, 0.1) is 5.92 Å². The summed E-state index contributed by atoms with van der Waals surface area (Å²) in [7, 11) is 0. The van der Waals surface area contributed by atoms with Crippen molar-refractivity contribution < 1.29 is 9.59 Å². The summed E-state index contributed by atoms with van der Waals surface area (Å²) in [6.07, 6.45) is 3.19. The fourth-order valence-electron chi connectivity index (χ4n) is 1.80. The largest absolute Gasteiger partial charge is 0.352 e. The highest BCUT2D eigenvalue weighted by Crippen LogP contribution is 2.14. The zero-order chi connectivity index (χ0) is 12.3. The van der Waals surface area contributed by atoms with Gasteiger partial charge < -0.3 is 10.2 Å². The number of likely N-dealkylation sites (tertiary alicyclic amines) is 1. The third kappa shape index (κ3) is 2.81. The molecule has 0 unspecified atom stereocenters. The van der Waals surface area contributed by atoms with E-state index in [2.05, 4.69) is 10.3 Å². The maximum absolute atomic E-state index is 11.7. The number of amides is 2. The summed E-state index contributed by atoms with van der Waals surface area (Å²) in [5.41, 5.74) is 0.614. The van der Waals surface area contributed by atoms with Crippen molar-refractivity contribution in [1.82, 2.24) is 15.2 Å². The van der Waals surface area contributed by atoms with Gasteiger partial charge in [-0.05, 0) is 12.1 Å². The monoisotopic (exact) mass is 233 g/mol. The van der Waals surface area contributed by atoms with E-state index in [-0.39, 0.29) is 11.8 Å². The van der Waals surface area contributed by atoms with Gasteiger partial charge in [0.25, 0.3) is 5.91 Å². The second kappa shape index (κ2) is 4.95. The Hall–Kier alpha value is -1.91. The summed E-state index contributed by atoms with van der Waals surface area (Å²) in [6.45, 7) is 3.66. The van der Waals surface area contributed by atoms with Gasteiger partial charge in [-0.15, -0.1) is 0 Å². The van der Waals surface area contributed by atoms with Gasteiger partial charge in [-0.1, -0.05) is 0 Å². The molecule has 90 valence electrons. The van der Waals surface area contributed by atoms with E-state index in [4.69, 9.17) is 0 Å². The number of aromatic nitrogens is 1. The molecule has 1 aliphatic heterocycles. The molecular weight excluding hydrogens is 218 g/mol. The van der Waals surface area contributed by atoms with Gasteiger partial charge in [-0.3, -0.25) is 14.6 Å². The van der Waals surface area contributed by atoms with Gasteiger partial charge in [0.05, 0.1) is 0 Å². The molecule has 1 aliphatic rings. The molecule has 1 aromatic heterocycles. The average Bonchev–Trinajstić information content (AvgIpc) is 2.27. The Morgan fingerprint density at radius 2 is 2.06 bits per heavy atom. The van der Waals surface area contributed by atoms with Crippen LogP contribution in [0.25, 0.3) is 0 Å². The number of carbonyl (C=O) groups is 2. The van der Waals surface area contributed by atoms with Crippen molar-refractivity contribution in [3.8, 4) is 0 Å². The molecule has 1 fully saturated rings. The highest BCUT2D eigenvalue weighted by Gasteiger charge is 2.28. The van der Waals surface area contributed by atoms with Crippen LogP contribution in [0.2, 0.25) is 0 Å². The molecule has 1 N–H and O–H groups in total. The van der Waals surface area contributed by atoms with E-state index in [0.29, 0.717) is 18.0 Å². The Morgan fingerprint density at radius 1 is 1.41 bits per heavy atom. The summed E-state index contributed by atoms with van der Waals surface area (Å²) in [5.74, 6) is 0.389. The lowest BCUT2D eigenvalue weighted by atomic mass is 10.00. The molecule has 17 heavy (non-hydrogen) atoms. The quantitative estimate of drug-likeness (QED) is 0.816. The molecule has 0 radical (unpaired) electrons. The Morgan fingerprint density at radius 3 is 2.65 bits per heavy atom. The first-order valence-electron chi connectivity index (χ1n) is 5.60. The summed E-state index contributed by atoms with van der Waals surface area (Å²) in [5, 5.41) is 2.86. The lowest BCUT2D eigenvalue weighted by molar-refractivity contribution is -0.134. The van der Waals surface area contributed by atoms with Crippen molar-refractivity contribution >= 4 is 11.8 Å². The SMILES string of the molecule is CC(=O)N1CC(CNC(=O)c2ccncc2)C1. The van der Waals surface area contributed by atoms with E-state index in [1.807, 2.05) is 0 Å². The maximum atomic E-state index is 11.7. The number of hydrogen-bond donors (Lipinski definition) is 1. The van der Waals surface area contributed by atoms with Crippen molar-refractivity contribution in [3.63, 3.8) is 0 Å². The molecule has 1 aromatic rings. The van der Waals surface area contributed by atoms with Crippen molar-refractivity contribution in [3.05, 3.63) is 30.1 Å². The van der Waals surface area contributed by atoms with E-state index in [1.165, 1.54) is 0 Å². The van der Waals surface area contributed by atoms with E-state index < -0.39 is 0 Å². The maximum Gasteiger partial charge on any atom is 0.251 e. The molecule has 0 bridgehead atoms. The Kier molecular flexibility index (Phi) is 3.37. The van der Waals surface area contributed by atoms with Gasteiger partial charge in [0.2, 0.25) is 5.91 Å². The minimum atomic E-state index is -0.0892. The summed E-state index contributed by atoms with van der Waals surface area (Å²) >= 11 is 0. The molecular formula is C12H15N3O2. The van der Waals surface area contributed by atoms with Crippen molar-refractivity contribution in [2.24, 2.45) is 5.92 Å². The van der Waals surface area contributed by atoms with Gasteiger partial charge in [0.15, 0.2) is 0 Å². The van der Waals surface area contributed by atoms with Crippen LogP contribution in [0.5, 0.6) is 0 Å². The molecule has 1 saturated heterocycles. The Balaban J connectivity index is 1.74. The van der Waals surface area contributed by atoms with Crippen molar-refractivity contribution in [2.75, 3.05) is 19.6 Å². The first-order chi connectivity index (χ1) is 8.16. The third-order valence-corrected chi connectivity index (χ3v) is 2.90. The third-order valence-electron chi connectivity index (χ3n) is 2.90. The van der Waals surface area contributed by atoms with E-state index in [9.17, 15) is 9.59 Å². The molecule has 2 heterocycles. The lowest BCUT2D eigenvalue weighted by Crippen LogP contribution is -2.53. The van der Waals surface area contributed by atoms with Crippen LogP contribution in [0.4, 0.5) is 0 Å². The van der Waals surface area contributed by atoms with Crippen LogP contribution in [0.3, 0.4) is 0 Å². The van der Waals surface area contributed by atoms with E-state index in [0.717, 1.165) is 13.1 Å². The minimum absolute atomic E-state index is 0.0892. The van der Waals surface area contributed by atoms with E-state index >= 15 is 0 Å². The highest BCUT2D eigenvalue weighted by atomic mass is 16.2. The standard InChI is InChI=1S/C12H15N3O2/c1-9(16)15-7-10(8-15)6-14-12(17)11-2-4-13-5-3-11/h2-5,10H,6-8H2,1H3,(H,14,17). The predicted molar refractivity (Wildman–Crippen MR) is 62.3 cm³/mol. The smallest absolute Gasteiger partial charge is 0.251 e. The summed E-state index contributed by atoms with van der Waals surface area (Å²) < 4.78 is 0. The summed E-state index contributed by atoms with van der Waals surface area (Å²) in [6, 6.07) is 3.36. The first-order valence-corrected chi connectivity index (χ1v) is 5.60. The molecule has 0 aromatic carbocycles. The number of rotatable bonds is 3. The second-order valence-electron chi connectivity index (χ2n) is 4.24. The zero-order valence-electron chi connectivity index (χ0n) is 9.72. The Labute approximate surface area is 99.8 Å². The van der Waals surface area contributed by atoms with Gasteiger partial charge in [0.1, 0.15) is 0 Å². The van der Waals surface area contributed by atoms with Crippen LogP contribution < -0.4 is 5.32 Å². The predicted octanol–water partition coefficient (Wildman–Crippen LogP) is 0.290. The van der Waals surface area contributed by atoms with Crippen LogP contribution >= 0.6 is 0 Å². The van der Waals surface area contributed by atoms with Gasteiger partial charge in [0, 0.05) is 50.4 Å². The van der Waals surface area contributed by atoms with Gasteiger partial charge >= 0.3 is 0 Å². The molecule has 5 heteroatoms. The highest BCUT2D eigenvalue weighted by molar-refractivity contribution is 5.93. The molecule has 0 atom stereocenters. The summed E-state index contributed by atoms with van der Waals surface area (Å²) in [4.78, 5) is 28.3. The first kappa shape index (κ1) is 11.6. The minimum Gasteiger partial charge on any atom is -0.352 e. The second-order valence-corrected chi connectivity index (χ2v) is 4.24. The van der Waals surface area contributed by atoms with Crippen LogP contribution in [0.1, 0.15) is 17.3 Å². The average molecular weight is 233 g/mol. The topological polar surface area (TPSA) is 62.3 Å². The van der Waals surface area contributed by atoms with Gasteiger partial charge in [-0.2, -0.15) is 0 Å². The number of nitrogens with one attached hydrogen (secondary N) is 1. The molecule has 0 saturated carbocycles. The number of carbonyl (C=O) groups excluding carboxylic acids is 2.